The highest BCUT2D eigenvalue weighted by molar-refractivity contribution is 6.30. The summed E-state index contributed by atoms with van der Waals surface area (Å²) in [5, 5.41) is 3.53. The van der Waals surface area contributed by atoms with E-state index in [0.29, 0.717) is 36.9 Å². The molecule has 0 aromatic heterocycles. The smallest absolute Gasteiger partial charge is 0.321 e. The quantitative estimate of drug-likeness (QED) is 0.785. The molecular weight excluding hydrogens is 386 g/mol. The van der Waals surface area contributed by atoms with Crippen LogP contribution in [0.25, 0.3) is 0 Å². The van der Waals surface area contributed by atoms with Crippen molar-refractivity contribution in [1.29, 1.82) is 0 Å². The van der Waals surface area contributed by atoms with Gasteiger partial charge < -0.3 is 15.1 Å². The lowest BCUT2D eigenvalue weighted by molar-refractivity contribution is 0.0762. The Labute approximate surface area is 176 Å². The van der Waals surface area contributed by atoms with Crippen LogP contribution in [0.4, 0.5) is 10.5 Å². The van der Waals surface area contributed by atoms with E-state index in [1.807, 2.05) is 11.0 Å². The van der Waals surface area contributed by atoms with Gasteiger partial charge in [-0.15, -0.1) is 0 Å². The maximum absolute atomic E-state index is 13.0. The van der Waals surface area contributed by atoms with E-state index in [4.69, 9.17) is 11.6 Å². The standard InChI is InChI=1S/C23H26ClN3O2/c24-20-8-10-21(11-9-20)25-23(29)27-13-3-12-26(14-15-27)22(28)19-7-6-17-4-1-2-5-18(17)16-19/h6-11,16H,1-5,12-15H2,(H,25,29). The summed E-state index contributed by atoms with van der Waals surface area (Å²) in [6, 6.07) is 13.1. The highest BCUT2D eigenvalue weighted by Crippen LogP contribution is 2.23. The van der Waals surface area contributed by atoms with Crippen LogP contribution in [0.1, 0.15) is 40.7 Å². The SMILES string of the molecule is O=C(Nc1ccc(Cl)cc1)N1CCCN(C(=O)c2ccc3c(c2)CCCC3)CC1. The third kappa shape index (κ3) is 4.73. The monoisotopic (exact) mass is 411 g/mol. The highest BCUT2D eigenvalue weighted by atomic mass is 35.5. The molecule has 3 amide bonds. The van der Waals surface area contributed by atoms with Crippen molar-refractivity contribution in [2.75, 3.05) is 31.5 Å². The summed E-state index contributed by atoms with van der Waals surface area (Å²) in [4.78, 5) is 29.3. The molecule has 29 heavy (non-hydrogen) atoms. The maximum atomic E-state index is 13.0. The topological polar surface area (TPSA) is 52.7 Å². The van der Waals surface area contributed by atoms with Crippen LogP contribution in [0, 0.1) is 0 Å². The van der Waals surface area contributed by atoms with Gasteiger partial charge in [0, 0.05) is 42.5 Å². The van der Waals surface area contributed by atoms with Gasteiger partial charge in [-0.25, -0.2) is 4.79 Å². The number of fused-ring (bicyclic) bond motifs is 1. The molecule has 0 saturated carbocycles. The Kier molecular flexibility index (Phi) is 6.05. The molecule has 0 spiro atoms. The van der Waals surface area contributed by atoms with Gasteiger partial charge in [-0.05, 0) is 79.6 Å². The fourth-order valence-electron chi connectivity index (χ4n) is 4.11. The molecule has 1 aliphatic heterocycles. The summed E-state index contributed by atoms with van der Waals surface area (Å²) in [6.45, 7) is 2.37. The predicted molar refractivity (Wildman–Crippen MR) is 116 cm³/mol. The van der Waals surface area contributed by atoms with Gasteiger partial charge in [0.05, 0.1) is 0 Å². The number of amides is 3. The summed E-state index contributed by atoms with van der Waals surface area (Å²) in [5.41, 5.74) is 4.19. The second kappa shape index (κ2) is 8.87. The molecule has 6 heteroatoms. The highest BCUT2D eigenvalue weighted by Gasteiger charge is 2.23. The Morgan fingerprint density at radius 2 is 1.48 bits per heavy atom. The van der Waals surface area contributed by atoms with Crippen LogP contribution < -0.4 is 5.32 Å². The Hall–Kier alpha value is -2.53. The van der Waals surface area contributed by atoms with Crippen LogP contribution in [0.3, 0.4) is 0 Å². The van der Waals surface area contributed by atoms with Crippen LogP contribution >= 0.6 is 11.6 Å². The average molecular weight is 412 g/mol. The van der Waals surface area contributed by atoms with E-state index in [2.05, 4.69) is 17.4 Å². The van der Waals surface area contributed by atoms with Crippen LogP contribution in [0.2, 0.25) is 5.02 Å². The molecule has 2 aliphatic rings. The van der Waals surface area contributed by atoms with Gasteiger partial charge in [-0.1, -0.05) is 17.7 Å². The van der Waals surface area contributed by atoms with Crippen molar-refractivity contribution in [2.45, 2.75) is 32.1 Å². The number of halogens is 1. The predicted octanol–water partition coefficient (Wildman–Crippen LogP) is 4.60. The fourth-order valence-corrected chi connectivity index (χ4v) is 4.23. The van der Waals surface area contributed by atoms with Crippen molar-refractivity contribution in [1.82, 2.24) is 9.80 Å². The van der Waals surface area contributed by atoms with E-state index in [1.54, 1.807) is 29.2 Å². The van der Waals surface area contributed by atoms with E-state index >= 15 is 0 Å². The number of hydrogen-bond donors (Lipinski definition) is 1. The van der Waals surface area contributed by atoms with Crippen molar-refractivity contribution in [2.24, 2.45) is 0 Å². The van der Waals surface area contributed by atoms with E-state index < -0.39 is 0 Å². The molecular formula is C23H26ClN3O2. The van der Waals surface area contributed by atoms with Gasteiger partial charge in [0.2, 0.25) is 0 Å². The number of nitrogens with one attached hydrogen (secondary N) is 1. The number of nitrogens with zero attached hydrogens (tertiary/aromatic N) is 2. The number of benzene rings is 2. The van der Waals surface area contributed by atoms with Gasteiger partial charge in [-0.2, -0.15) is 0 Å². The van der Waals surface area contributed by atoms with Crippen molar-refractivity contribution in [3.63, 3.8) is 0 Å². The summed E-state index contributed by atoms with van der Waals surface area (Å²) < 4.78 is 0. The number of carbonyl (C=O) groups excluding carboxylic acids is 2. The number of anilines is 1. The molecule has 1 heterocycles. The van der Waals surface area contributed by atoms with Gasteiger partial charge in [-0.3, -0.25) is 4.79 Å². The largest absolute Gasteiger partial charge is 0.337 e. The number of urea groups is 1. The van der Waals surface area contributed by atoms with Gasteiger partial charge in [0.25, 0.3) is 5.91 Å². The first-order chi connectivity index (χ1) is 14.1. The molecule has 0 unspecified atom stereocenters. The van der Waals surface area contributed by atoms with Gasteiger partial charge in [0.15, 0.2) is 0 Å². The molecule has 152 valence electrons. The second-order valence-electron chi connectivity index (χ2n) is 7.76. The molecule has 1 aliphatic carbocycles. The van der Waals surface area contributed by atoms with Crippen LogP contribution in [-0.2, 0) is 12.8 Å². The van der Waals surface area contributed by atoms with Crippen LogP contribution in [0.5, 0.6) is 0 Å². The van der Waals surface area contributed by atoms with E-state index in [9.17, 15) is 9.59 Å². The molecule has 0 bridgehead atoms. The van der Waals surface area contributed by atoms with E-state index in [1.165, 1.54) is 24.0 Å². The number of hydrogen-bond acceptors (Lipinski definition) is 2. The number of aryl methyl sites for hydroxylation is 2. The molecule has 1 saturated heterocycles. The third-order valence-corrected chi connectivity index (χ3v) is 6.01. The molecule has 2 aromatic carbocycles. The lowest BCUT2D eigenvalue weighted by Crippen LogP contribution is -2.39. The second-order valence-corrected chi connectivity index (χ2v) is 8.20. The van der Waals surface area contributed by atoms with Crippen molar-refractivity contribution in [3.8, 4) is 0 Å². The maximum Gasteiger partial charge on any atom is 0.321 e. The number of carbonyl (C=O) groups is 2. The third-order valence-electron chi connectivity index (χ3n) is 5.76. The zero-order valence-electron chi connectivity index (χ0n) is 16.5. The molecule has 5 nitrogen and oxygen atoms in total. The summed E-state index contributed by atoms with van der Waals surface area (Å²) in [6.07, 6.45) is 5.39. The Bertz CT molecular complexity index is 897. The Balaban J connectivity index is 1.37. The van der Waals surface area contributed by atoms with Gasteiger partial charge in [0.1, 0.15) is 0 Å². The first kappa shape index (κ1) is 19.8. The minimum Gasteiger partial charge on any atom is -0.337 e. The van der Waals surface area contributed by atoms with Gasteiger partial charge >= 0.3 is 6.03 Å². The number of rotatable bonds is 2. The average Bonchev–Trinajstić information content (AvgIpc) is 3.01. The van der Waals surface area contributed by atoms with Crippen LogP contribution in [0.15, 0.2) is 42.5 Å². The Morgan fingerprint density at radius 3 is 2.28 bits per heavy atom. The zero-order chi connectivity index (χ0) is 20.2. The minimum atomic E-state index is -0.143. The molecule has 1 N–H and O–H groups in total. The fraction of sp³-hybridized carbons (Fsp3) is 0.391. The summed E-state index contributed by atoms with van der Waals surface area (Å²) in [5.74, 6) is 0.0679. The summed E-state index contributed by atoms with van der Waals surface area (Å²) >= 11 is 5.89. The zero-order valence-corrected chi connectivity index (χ0v) is 17.3. The lowest BCUT2D eigenvalue weighted by Gasteiger charge is -2.23. The first-order valence-corrected chi connectivity index (χ1v) is 10.7. The van der Waals surface area contributed by atoms with E-state index in [-0.39, 0.29) is 11.9 Å². The summed E-state index contributed by atoms with van der Waals surface area (Å²) in [7, 11) is 0. The Morgan fingerprint density at radius 1 is 0.793 bits per heavy atom. The molecule has 4 rings (SSSR count). The first-order valence-electron chi connectivity index (χ1n) is 10.3. The van der Waals surface area contributed by atoms with Crippen molar-refractivity contribution in [3.05, 3.63) is 64.2 Å². The minimum absolute atomic E-state index is 0.0679. The normalized spacial score (nSPS) is 16.7. The molecule has 1 fully saturated rings. The lowest BCUT2D eigenvalue weighted by atomic mass is 9.90. The van der Waals surface area contributed by atoms with E-state index in [0.717, 1.165) is 24.8 Å². The van der Waals surface area contributed by atoms with Crippen molar-refractivity contribution >= 4 is 29.2 Å². The molecule has 0 atom stereocenters. The molecule has 2 aromatic rings. The molecule has 0 radical (unpaired) electrons. The van der Waals surface area contributed by atoms with Crippen LogP contribution in [-0.4, -0.2) is 47.9 Å². The van der Waals surface area contributed by atoms with Crippen molar-refractivity contribution < 1.29 is 9.59 Å².